The molecule has 0 bridgehead atoms. The van der Waals surface area contributed by atoms with E-state index in [9.17, 15) is 4.79 Å². The lowest BCUT2D eigenvalue weighted by Crippen LogP contribution is -2.39. The number of hydrogen-bond acceptors (Lipinski definition) is 2. The lowest BCUT2D eigenvalue weighted by molar-refractivity contribution is -0.128. The highest BCUT2D eigenvalue weighted by Crippen LogP contribution is 2.25. The Morgan fingerprint density at radius 3 is 2.72 bits per heavy atom. The van der Waals surface area contributed by atoms with Gasteiger partial charge in [0.05, 0.1) is 6.04 Å². The van der Waals surface area contributed by atoms with Gasteiger partial charge in [-0.2, -0.15) is 0 Å². The SMILES string of the molecule is CC[C@@H](Oc1cccc(C)c1)C(=O)N[C@@H](C)c1ccc2c(c1)CCC2. The Kier molecular flexibility index (Phi) is 5.42. The van der Waals surface area contributed by atoms with E-state index in [0.717, 1.165) is 17.7 Å². The molecular weight excluding hydrogens is 310 g/mol. The number of aryl methyl sites for hydroxylation is 3. The summed E-state index contributed by atoms with van der Waals surface area (Å²) in [6.45, 7) is 6.03. The van der Waals surface area contributed by atoms with Crippen LogP contribution in [0, 0.1) is 6.92 Å². The summed E-state index contributed by atoms with van der Waals surface area (Å²) in [7, 11) is 0. The molecule has 0 saturated carbocycles. The van der Waals surface area contributed by atoms with Crippen LogP contribution in [-0.2, 0) is 17.6 Å². The molecular formula is C22H27NO2. The van der Waals surface area contributed by atoms with Crippen molar-refractivity contribution in [1.29, 1.82) is 0 Å². The van der Waals surface area contributed by atoms with Crippen LogP contribution < -0.4 is 10.1 Å². The quantitative estimate of drug-likeness (QED) is 0.842. The molecule has 2 aromatic carbocycles. The molecule has 3 rings (SSSR count). The van der Waals surface area contributed by atoms with Gasteiger partial charge >= 0.3 is 0 Å². The first kappa shape index (κ1) is 17.5. The average Bonchev–Trinajstić information content (AvgIpc) is 3.07. The second-order valence-corrected chi connectivity index (χ2v) is 6.94. The number of hydrogen-bond donors (Lipinski definition) is 1. The Balaban J connectivity index is 1.65. The van der Waals surface area contributed by atoms with E-state index < -0.39 is 6.10 Å². The number of carbonyl (C=O) groups is 1. The van der Waals surface area contributed by atoms with Gasteiger partial charge in [-0.3, -0.25) is 4.79 Å². The molecule has 25 heavy (non-hydrogen) atoms. The molecule has 0 heterocycles. The second kappa shape index (κ2) is 7.73. The van der Waals surface area contributed by atoms with Gasteiger partial charge in [0.25, 0.3) is 5.91 Å². The number of rotatable bonds is 6. The second-order valence-electron chi connectivity index (χ2n) is 6.94. The zero-order valence-corrected chi connectivity index (χ0v) is 15.3. The van der Waals surface area contributed by atoms with Gasteiger partial charge in [-0.15, -0.1) is 0 Å². The molecule has 0 unspecified atom stereocenters. The van der Waals surface area contributed by atoms with Crippen LogP contribution in [0.2, 0.25) is 0 Å². The summed E-state index contributed by atoms with van der Waals surface area (Å²) in [6.07, 6.45) is 3.73. The molecule has 0 radical (unpaired) electrons. The molecule has 3 nitrogen and oxygen atoms in total. The minimum atomic E-state index is -0.473. The summed E-state index contributed by atoms with van der Waals surface area (Å²) >= 11 is 0. The summed E-state index contributed by atoms with van der Waals surface area (Å²) < 4.78 is 5.90. The summed E-state index contributed by atoms with van der Waals surface area (Å²) in [5.41, 5.74) is 5.18. The molecule has 0 saturated heterocycles. The molecule has 0 fully saturated rings. The highest BCUT2D eigenvalue weighted by atomic mass is 16.5. The molecule has 2 atom stereocenters. The van der Waals surface area contributed by atoms with Gasteiger partial charge in [0.15, 0.2) is 6.10 Å². The van der Waals surface area contributed by atoms with Gasteiger partial charge in [0, 0.05) is 0 Å². The molecule has 2 aromatic rings. The Labute approximate surface area is 150 Å². The standard InChI is InChI=1S/C22H27NO2/c1-4-21(25-20-10-5-7-15(2)13-20)22(24)23-16(3)18-12-11-17-8-6-9-19(17)14-18/h5,7,10-14,16,21H,4,6,8-9H2,1-3H3,(H,23,24)/t16-,21+/m0/s1. The van der Waals surface area contributed by atoms with E-state index in [0.29, 0.717) is 6.42 Å². The zero-order valence-electron chi connectivity index (χ0n) is 15.3. The fraction of sp³-hybridized carbons (Fsp3) is 0.409. The number of fused-ring (bicyclic) bond motifs is 1. The predicted molar refractivity (Wildman–Crippen MR) is 101 cm³/mol. The number of amides is 1. The van der Waals surface area contributed by atoms with E-state index in [2.05, 4.69) is 23.5 Å². The molecule has 0 aliphatic heterocycles. The van der Waals surface area contributed by atoms with Crippen molar-refractivity contribution in [2.24, 2.45) is 0 Å². The van der Waals surface area contributed by atoms with Crippen molar-refractivity contribution < 1.29 is 9.53 Å². The van der Waals surface area contributed by atoms with Crippen LogP contribution in [0.3, 0.4) is 0 Å². The van der Waals surface area contributed by atoms with E-state index >= 15 is 0 Å². The fourth-order valence-electron chi connectivity index (χ4n) is 3.43. The Hall–Kier alpha value is -2.29. The molecule has 3 heteroatoms. The van der Waals surface area contributed by atoms with E-state index in [1.165, 1.54) is 29.5 Å². The van der Waals surface area contributed by atoms with Crippen molar-refractivity contribution >= 4 is 5.91 Å². The average molecular weight is 337 g/mol. The Morgan fingerprint density at radius 2 is 1.96 bits per heavy atom. The minimum absolute atomic E-state index is 0.0199. The lowest BCUT2D eigenvalue weighted by atomic mass is 10.0. The first-order valence-electron chi connectivity index (χ1n) is 9.22. The smallest absolute Gasteiger partial charge is 0.261 e. The molecule has 1 aliphatic rings. The first-order chi connectivity index (χ1) is 12.1. The minimum Gasteiger partial charge on any atom is -0.481 e. The van der Waals surface area contributed by atoms with Gasteiger partial charge in [0.1, 0.15) is 5.75 Å². The third kappa shape index (κ3) is 4.22. The van der Waals surface area contributed by atoms with Crippen molar-refractivity contribution in [2.75, 3.05) is 0 Å². The van der Waals surface area contributed by atoms with Gasteiger partial charge in [0.2, 0.25) is 0 Å². The van der Waals surface area contributed by atoms with Gasteiger partial charge in [-0.05, 0) is 73.9 Å². The van der Waals surface area contributed by atoms with Crippen LogP contribution in [0.1, 0.15) is 55.0 Å². The maximum atomic E-state index is 12.6. The highest BCUT2D eigenvalue weighted by molar-refractivity contribution is 5.81. The summed E-state index contributed by atoms with van der Waals surface area (Å²) in [6, 6.07) is 14.4. The maximum Gasteiger partial charge on any atom is 0.261 e. The summed E-state index contributed by atoms with van der Waals surface area (Å²) in [4.78, 5) is 12.6. The topological polar surface area (TPSA) is 38.3 Å². The van der Waals surface area contributed by atoms with Crippen molar-refractivity contribution in [1.82, 2.24) is 5.32 Å². The van der Waals surface area contributed by atoms with Crippen molar-refractivity contribution in [3.63, 3.8) is 0 Å². The van der Waals surface area contributed by atoms with Crippen LogP contribution in [0.15, 0.2) is 42.5 Å². The number of nitrogens with one attached hydrogen (secondary N) is 1. The molecule has 0 aromatic heterocycles. The van der Waals surface area contributed by atoms with Gasteiger partial charge < -0.3 is 10.1 Å². The molecule has 0 spiro atoms. The zero-order chi connectivity index (χ0) is 17.8. The molecule has 1 aliphatic carbocycles. The Morgan fingerprint density at radius 1 is 1.16 bits per heavy atom. The van der Waals surface area contributed by atoms with Crippen LogP contribution in [-0.4, -0.2) is 12.0 Å². The van der Waals surface area contributed by atoms with Crippen molar-refractivity contribution in [2.45, 2.75) is 58.6 Å². The molecule has 132 valence electrons. The molecule has 1 amide bonds. The van der Waals surface area contributed by atoms with E-state index in [4.69, 9.17) is 4.74 Å². The van der Waals surface area contributed by atoms with E-state index in [1.807, 2.05) is 45.0 Å². The van der Waals surface area contributed by atoms with Gasteiger partial charge in [-0.25, -0.2) is 0 Å². The Bertz CT molecular complexity index is 753. The van der Waals surface area contributed by atoms with Crippen LogP contribution >= 0.6 is 0 Å². The summed E-state index contributed by atoms with van der Waals surface area (Å²) in [5, 5.41) is 3.11. The summed E-state index contributed by atoms with van der Waals surface area (Å²) in [5.74, 6) is 0.684. The monoisotopic (exact) mass is 337 g/mol. The number of carbonyl (C=O) groups excluding carboxylic acids is 1. The number of benzene rings is 2. The largest absolute Gasteiger partial charge is 0.481 e. The number of ether oxygens (including phenoxy) is 1. The van der Waals surface area contributed by atoms with Crippen LogP contribution in [0.5, 0.6) is 5.75 Å². The third-order valence-corrected chi connectivity index (χ3v) is 4.91. The fourth-order valence-corrected chi connectivity index (χ4v) is 3.43. The highest BCUT2D eigenvalue weighted by Gasteiger charge is 2.21. The van der Waals surface area contributed by atoms with Crippen LogP contribution in [0.4, 0.5) is 0 Å². The van der Waals surface area contributed by atoms with Crippen molar-refractivity contribution in [3.05, 3.63) is 64.7 Å². The van der Waals surface area contributed by atoms with Gasteiger partial charge in [-0.1, -0.05) is 37.3 Å². The van der Waals surface area contributed by atoms with Crippen LogP contribution in [0.25, 0.3) is 0 Å². The molecule has 1 N–H and O–H groups in total. The normalized spacial score (nSPS) is 15.3. The van der Waals surface area contributed by atoms with E-state index in [1.54, 1.807) is 0 Å². The lowest BCUT2D eigenvalue weighted by Gasteiger charge is -2.21. The predicted octanol–water partition coefficient (Wildman–Crippen LogP) is 4.52. The van der Waals surface area contributed by atoms with Crippen molar-refractivity contribution in [3.8, 4) is 5.75 Å². The third-order valence-electron chi connectivity index (χ3n) is 4.91. The maximum absolute atomic E-state index is 12.6. The van der Waals surface area contributed by atoms with E-state index in [-0.39, 0.29) is 11.9 Å². The first-order valence-corrected chi connectivity index (χ1v) is 9.22.